The van der Waals surface area contributed by atoms with Gasteiger partial charge < -0.3 is 5.11 Å². The molecule has 0 aliphatic carbocycles. The van der Waals surface area contributed by atoms with Crippen LogP contribution in [0.4, 0.5) is 17.1 Å². The second kappa shape index (κ2) is 5.75. The fourth-order valence-electron chi connectivity index (χ4n) is 0.974. The monoisotopic (exact) mass is 461 g/mol. The van der Waals surface area contributed by atoms with Gasteiger partial charge in [-0.3, -0.25) is 30.3 Å². The third kappa shape index (κ3) is 3.25. The minimum absolute atomic E-state index is 0. The van der Waals surface area contributed by atoms with Crippen LogP contribution in [0.15, 0.2) is 12.1 Å². The van der Waals surface area contributed by atoms with E-state index in [2.05, 4.69) is 0 Å². The molecule has 0 saturated heterocycles. The first kappa shape index (κ1) is 15.5. The van der Waals surface area contributed by atoms with Gasteiger partial charge in [-0.05, 0) is 0 Å². The first-order valence-corrected chi connectivity index (χ1v) is 3.64. The number of nitro groups is 3. The van der Waals surface area contributed by atoms with E-state index in [1.54, 1.807) is 0 Å². The van der Waals surface area contributed by atoms with Crippen molar-refractivity contribution in [2.24, 2.45) is 0 Å². The normalized spacial score (nSPS) is 9.18. The molecule has 0 spiro atoms. The molecule has 88 valence electrons. The molecular formula is C6H3N3O7Th. The van der Waals surface area contributed by atoms with Crippen molar-refractivity contribution in [2.45, 2.75) is 0 Å². The topological polar surface area (TPSA) is 150 Å². The zero-order chi connectivity index (χ0) is 12.5. The van der Waals surface area contributed by atoms with E-state index in [1.807, 2.05) is 0 Å². The van der Waals surface area contributed by atoms with Crippen molar-refractivity contribution in [3.8, 4) is 5.75 Å². The fourth-order valence-corrected chi connectivity index (χ4v) is 0.974. The van der Waals surface area contributed by atoms with Gasteiger partial charge in [-0.25, -0.2) is 0 Å². The molecule has 0 atom stereocenters. The van der Waals surface area contributed by atoms with Crippen molar-refractivity contribution in [1.82, 2.24) is 0 Å². The maximum atomic E-state index is 10.4. The number of rotatable bonds is 3. The molecule has 1 rings (SSSR count). The SMILES string of the molecule is O=[N+]([O-])c1cc([N+](=O)[O-])c(O)c([N+](=O)[O-])c1.[Th]. The summed E-state index contributed by atoms with van der Waals surface area (Å²) < 4.78 is 0. The number of hydrogen-bond acceptors (Lipinski definition) is 7. The predicted molar refractivity (Wildman–Crippen MR) is 48.1 cm³/mol. The summed E-state index contributed by atoms with van der Waals surface area (Å²) >= 11 is 0. The molecule has 0 fully saturated rings. The maximum absolute atomic E-state index is 10.4. The second-order valence-corrected chi connectivity index (χ2v) is 2.60. The van der Waals surface area contributed by atoms with Gasteiger partial charge in [0.05, 0.1) is 26.9 Å². The number of nitrogens with zero attached hydrogens (tertiary/aromatic N) is 3. The molecule has 0 aliphatic rings. The summed E-state index contributed by atoms with van der Waals surface area (Å²) in [7, 11) is 0. The number of aromatic hydroxyl groups is 1. The summed E-state index contributed by atoms with van der Waals surface area (Å²) in [5, 5.41) is 40.2. The van der Waals surface area contributed by atoms with Gasteiger partial charge in [0.15, 0.2) is 0 Å². The zero-order valence-corrected chi connectivity index (χ0v) is 12.0. The van der Waals surface area contributed by atoms with Crippen molar-refractivity contribution >= 4 is 17.1 Å². The third-order valence-electron chi connectivity index (χ3n) is 1.66. The van der Waals surface area contributed by atoms with E-state index < -0.39 is 37.6 Å². The Bertz CT molecular complexity index is 467. The van der Waals surface area contributed by atoms with E-state index in [-0.39, 0.29) is 39.9 Å². The second-order valence-electron chi connectivity index (χ2n) is 2.60. The van der Waals surface area contributed by atoms with Crippen LogP contribution in [0.3, 0.4) is 0 Å². The van der Waals surface area contributed by atoms with Crippen LogP contribution < -0.4 is 0 Å². The number of hydrogen-bond donors (Lipinski definition) is 1. The Balaban J connectivity index is 0.00000256. The molecule has 0 saturated carbocycles. The largest absolute Gasteiger partial charge is 0.497 e. The predicted octanol–water partition coefficient (Wildman–Crippen LogP) is 1.12. The summed E-state index contributed by atoms with van der Waals surface area (Å²) in [4.78, 5) is 27.8. The van der Waals surface area contributed by atoms with E-state index in [9.17, 15) is 30.3 Å². The molecule has 0 aliphatic heterocycles. The van der Waals surface area contributed by atoms with Crippen molar-refractivity contribution in [1.29, 1.82) is 0 Å². The molecule has 11 heteroatoms. The Morgan fingerprint density at radius 2 is 1.24 bits per heavy atom. The van der Waals surface area contributed by atoms with Crippen LogP contribution in [0.2, 0.25) is 0 Å². The molecule has 1 aromatic carbocycles. The summed E-state index contributed by atoms with van der Waals surface area (Å²) in [6, 6.07) is 0.894. The van der Waals surface area contributed by atoms with Crippen LogP contribution in [0.1, 0.15) is 0 Å². The van der Waals surface area contributed by atoms with Crippen LogP contribution in [-0.4, -0.2) is 19.9 Å². The molecular weight excluding hydrogens is 458 g/mol. The van der Waals surface area contributed by atoms with Gasteiger partial charge in [0, 0.05) is 39.9 Å². The summed E-state index contributed by atoms with van der Waals surface area (Å²) in [5.74, 6) is -1.21. The first-order chi connectivity index (χ1) is 7.34. The van der Waals surface area contributed by atoms with Gasteiger partial charge >= 0.3 is 11.4 Å². The number of phenols is 1. The number of non-ortho nitro benzene ring substituents is 1. The van der Waals surface area contributed by atoms with Crippen molar-refractivity contribution in [2.75, 3.05) is 0 Å². The van der Waals surface area contributed by atoms with Crippen LogP contribution >= 0.6 is 0 Å². The molecule has 17 heavy (non-hydrogen) atoms. The summed E-state index contributed by atoms with van der Waals surface area (Å²) in [6.45, 7) is 0. The Morgan fingerprint density at radius 1 is 0.882 bits per heavy atom. The minimum Gasteiger partial charge on any atom is -0.497 e. The van der Waals surface area contributed by atoms with Gasteiger partial charge in [0.2, 0.25) is 0 Å². The van der Waals surface area contributed by atoms with Gasteiger partial charge in [-0.1, -0.05) is 0 Å². The standard InChI is InChI=1S/C6H3N3O7.Th/c10-6-4(8(13)14)1-3(7(11)12)2-5(6)9(15)16;/h1-2,10H;. The van der Waals surface area contributed by atoms with Crippen LogP contribution in [0, 0.1) is 70.3 Å². The number of phenolic OH excluding ortho intramolecular Hbond substituents is 1. The molecule has 1 N–H and O–H groups in total. The van der Waals surface area contributed by atoms with Crippen LogP contribution in [-0.2, 0) is 0 Å². The average Bonchev–Trinajstić information content (AvgIpc) is 2.16. The average molecular weight is 461 g/mol. The van der Waals surface area contributed by atoms with E-state index in [0.29, 0.717) is 12.1 Å². The van der Waals surface area contributed by atoms with Gasteiger partial charge in [0.1, 0.15) is 0 Å². The minimum atomic E-state index is -1.21. The molecule has 1 aromatic rings. The molecule has 0 bridgehead atoms. The Hall–Kier alpha value is -1.46. The van der Waals surface area contributed by atoms with Crippen molar-refractivity contribution < 1.29 is 59.8 Å². The molecule has 0 aromatic heterocycles. The number of nitro benzene ring substituents is 3. The Labute approximate surface area is 124 Å². The molecule has 10 nitrogen and oxygen atoms in total. The Kier molecular flexibility index (Phi) is 5.26. The maximum Gasteiger partial charge on any atom is 0.324 e. The van der Waals surface area contributed by atoms with Gasteiger partial charge in [-0.15, -0.1) is 0 Å². The fraction of sp³-hybridized carbons (Fsp3) is 0. The third-order valence-corrected chi connectivity index (χ3v) is 1.66. The van der Waals surface area contributed by atoms with E-state index in [4.69, 9.17) is 5.11 Å². The van der Waals surface area contributed by atoms with Crippen LogP contribution in [0.5, 0.6) is 5.75 Å². The quantitative estimate of drug-likeness (QED) is 0.524. The van der Waals surface area contributed by atoms with E-state index >= 15 is 0 Å². The van der Waals surface area contributed by atoms with E-state index in [0.717, 1.165) is 0 Å². The molecule has 0 amide bonds. The molecule has 0 unspecified atom stereocenters. The van der Waals surface area contributed by atoms with Crippen LogP contribution in [0.25, 0.3) is 0 Å². The summed E-state index contributed by atoms with van der Waals surface area (Å²) in [6.07, 6.45) is 0. The van der Waals surface area contributed by atoms with Crippen molar-refractivity contribution in [3.05, 3.63) is 42.5 Å². The summed E-state index contributed by atoms with van der Waals surface area (Å²) in [5.41, 5.74) is -3.00. The first-order valence-electron chi connectivity index (χ1n) is 3.64. The zero-order valence-electron chi connectivity index (χ0n) is 7.89. The van der Waals surface area contributed by atoms with Gasteiger partial charge in [-0.2, -0.15) is 0 Å². The smallest absolute Gasteiger partial charge is 0.324 e. The van der Waals surface area contributed by atoms with Crippen molar-refractivity contribution in [3.63, 3.8) is 0 Å². The Morgan fingerprint density at radius 3 is 1.47 bits per heavy atom. The molecule has 0 heterocycles. The van der Waals surface area contributed by atoms with E-state index in [1.165, 1.54) is 0 Å². The molecule has 0 radical (unpaired) electrons. The van der Waals surface area contributed by atoms with Gasteiger partial charge in [0.25, 0.3) is 11.4 Å². The number of benzene rings is 1.